The molecule has 0 saturated carbocycles. The number of phenolic OH excluding ortho intramolecular Hbond substituents is 1. The van der Waals surface area contributed by atoms with Gasteiger partial charge in [0.25, 0.3) is 5.91 Å². The number of aliphatic hydroxyl groups is 3. The number of nitrogens with two attached hydrogens (primary N) is 1. The summed E-state index contributed by atoms with van der Waals surface area (Å²) in [5.74, 6) is -9.01. The largest absolute Gasteiger partial charge is 0.510 e. The second-order valence-corrected chi connectivity index (χ2v) is 10.6. The summed E-state index contributed by atoms with van der Waals surface area (Å²) in [6.07, 6.45) is -5.63. The number of halogens is 3. The zero-order valence-electron chi connectivity index (χ0n) is 21.8. The molecule has 212 valence electrons. The Morgan fingerprint density at radius 2 is 1.79 bits per heavy atom. The lowest BCUT2D eigenvalue weighted by molar-refractivity contribution is -0.148. The molecule has 0 heterocycles. The number of rotatable bonds is 5. The number of aliphatic hydroxyl groups excluding tert-OH is 2. The maximum Gasteiger partial charge on any atom is 0.417 e. The molecule has 1 aromatic carbocycles. The van der Waals surface area contributed by atoms with Gasteiger partial charge in [-0.15, -0.1) is 0 Å². The number of carbonyl (C=O) groups excluding carboxylic acids is 3. The predicted octanol–water partition coefficient (Wildman–Crippen LogP) is 1.59. The van der Waals surface area contributed by atoms with Crippen LogP contribution in [0.15, 0.2) is 28.7 Å². The lowest BCUT2D eigenvalue weighted by Gasteiger charge is -2.50. The zero-order valence-corrected chi connectivity index (χ0v) is 21.8. The molecule has 0 bridgehead atoms. The summed E-state index contributed by atoms with van der Waals surface area (Å²) >= 11 is 0. The molecule has 3 aliphatic carbocycles. The minimum atomic E-state index is -4.88. The first kappa shape index (κ1) is 28.6. The Kier molecular flexibility index (Phi) is 6.85. The Hall–Kier alpha value is -3.42. The van der Waals surface area contributed by atoms with E-state index < -0.39 is 98.7 Å². The lowest BCUT2D eigenvalue weighted by atomic mass is 9.58. The van der Waals surface area contributed by atoms with E-state index in [-0.39, 0.29) is 18.5 Å². The van der Waals surface area contributed by atoms with E-state index in [9.17, 15) is 48.0 Å². The molecule has 3 aliphatic rings. The summed E-state index contributed by atoms with van der Waals surface area (Å²) < 4.78 is 43.3. The molecule has 0 fully saturated rings. The number of alkyl halides is 3. The minimum absolute atomic E-state index is 0.160. The molecule has 0 aliphatic heterocycles. The number of Topliss-reactive ketones (excluding diaryl/α,β-unsaturated/α-hetero) is 2. The molecule has 6 N–H and O–H groups in total. The first-order valence-corrected chi connectivity index (χ1v) is 12.3. The van der Waals surface area contributed by atoms with Gasteiger partial charge in [0.15, 0.2) is 11.4 Å². The highest BCUT2D eigenvalue weighted by atomic mass is 19.4. The molecular weight excluding hydrogens is 523 g/mol. The van der Waals surface area contributed by atoms with Crippen LogP contribution >= 0.6 is 0 Å². The number of fused-ring (bicyclic) bond motifs is 3. The van der Waals surface area contributed by atoms with Crippen molar-refractivity contribution in [3.05, 3.63) is 51.0 Å². The molecule has 4 rings (SSSR count). The van der Waals surface area contributed by atoms with Crippen molar-refractivity contribution in [1.82, 2.24) is 9.80 Å². The molecule has 0 saturated heterocycles. The van der Waals surface area contributed by atoms with E-state index in [1.54, 1.807) is 18.9 Å². The summed E-state index contributed by atoms with van der Waals surface area (Å²) in [6, 6.07) is -0.375. The van der Waals surface area contributed by atoms with Crippen LogP contribution in [0.4, 0.5) is 13.2 Å². The van der Waals surface area contributed by atoms with Gasteiger partial charge in [-0.05, 0) is 63.6 Å². The number of nitrogens with zero attached hydrogens (tertiary/aromatic N) is 2. The average Bonchev–Trinajstić information content (AvgIpc) is 2.79. The molecule has 0 radical (unpaired) electrons. The first-order chi connectivity index (χ1) is 18.0. The molecule has 13 heteroatoms. The molecule has 10 nitrogen and oxygen atoms in total. The van der Waals surface area contributed by atoms with Crippen molar-refractivity contribution >= 4 is 17.5 Å². The van der Waals surface area contributed by atoms with Gasteiger partial charge in [-0.25, -0.2) is 0 Å². The number of allylic oxidation sites excluding steroid dienone is 1. The van der Waals surface area contributed by atoms with Gasteiger partial charge in [0.2, 0.25) is 5.78 Å². The van der Waals surface area contributed by atoms with Gasteiger partial charge in [-0.2, -0.15) is 13.2 Å². The van der Waals surface area contributed by atoms with Crippen LogP contribution in [0.5, 0.6) is 5.75 Å². The monoisotopic (exact) mass is 553 g/mol. The van der Waals surface area contributed by atoms with Crippen molar-refractivity contribution in [2.45, 2.75) is 44.1 Å². The van der Waals surface area contributed by atoms with E-state index in [1.807, 2.05) is 0 Å². The Balaban J connectivity index is 1.98. The van der Waals surface area contributed by atoms with Gasteiger partial charge in [-0.3, -0.25) is 19.3 Å². The van der Waals surface area contributed by atoms with Crippen LogP contribution in [-0.4, -0.2) is 87.0 Å². The normalized spacial score (nSPS) is 27.2. The average molecular weight is 554 g/mol. The third-order valence-electron chi connectivity index (χ3n) is 8.07. The van der Waals surface area contributed by atoms with Crippen LogP contribution in [0, 0.1) is 11.8 Å². The molecule has 4 atom stereocenters. The Morgan fingerprint density at radius 1 is 1.18 bits per heavy atom. The van der Waals surface area contributed by atoms with Gasteiger partial charge in [0, 0.05) is 18.0 Å². The van der Waals surface area contributed by atoms with Gasteiger partial charge < -0.3 is 31.1 Å². The zero-order chi connectivity index (χ0) is 29.4. The van der Waals surface area contributed by atoms with E-state index in [4.69, 9.17) is 5.73 Å². The van der Waals surface area contributed by atoms with E-state index in [2.05, 4.69) is 0 Å². The summed E-state index contributed by atoms with van der Waals surface area (Å²) in [5, 5.41) is 44.3. The van der Waals surface area contributed by atoms with E-state index >= 15 is 0 Å². The number of phenols is 1. The van der Waals surface area contributed by atoms with Crippen LogP contribution in [0.2, 0.25) is 0 Å². The third kappa shape index (κ3) is 4.10. The summed E-state index contributed by atoms with van der Waals surface area (Å²) in [7, 11) is 4.53. The number of aromatic hydroxyl groups is 1. The number of hydrogen-bond acceptors (Lipinski definition) is 9. The fourth-order valence-electron chi connectivity index (χ4n) is 6.27. The number of amides is 1. The van der Waals surface area contributed by atoms with Gasteiger partial charge in [0.05, 0.1) is 17.2 Å². The minimum Gasteiger partial charge on any atom is -0.510 e. The van der Waals surface area contributed by atoms with Gasteiger partial charge >= 0.3 is 6.18 Å². The SMILES string of the molecule is CCN(C)Cc1cc(O)c2c(c1C(F)(F)F)C[C@H]1C[C@H]3[C@H](N(C)C)C(O)=C(C(N)=O)C(=O)[C@@]3(O)C(O)=C1C2=O. The number of primary amides is 1. The number of carbonyl (C=O) groups is 3. The Morgan fingerprint density at radius 3 is 2.31 bits per heavy atom. The van der Waals surface area contributed by atoms with Gasteiger partial charge in [0.1, 0.15) is 22.8 Å². The molecule has 0 aromatic heterocycles. The van der Waals surface area contributed by atoms with Gasteiger partial charge in [-0.1, -0.05) is 6.92 Å². The third-order valence-corrected chi connectivity index (χ3v) is 8.07. The van der Waals surface area contributed by atoms with Crippen molar-refractivity contribution in [2.75, 3.05) is 27.7 Å². The number of likely N-dealkylation sites (N-methyl/N-ethyl adjacent to an activating group) is 1. The van der Waals surface area contributed by atoms with E-state index in [0.717, 1.165) is 6.07 Å². The van der Waals surface area contributed by atoms with Crippen molar-refractivity contribution in [1.29, 1.82) is 0 Å². The molecule has 1 aromatic rings. The number of ketones is 2. The highest BCUT2D eigenvalue weighted by Gasteiger charge is 2.63. The second kappa shape index (κ2) is 9.35. The molecule has 39 heavy (non-hydrogen) atoms. The highest BCUT2D eigenvalue weighted by molar-refractivity contribution is 6.24. The molecule has 0 spiro atoms. The van der Waals surface area contributed by atoms with Crippen LogP contribution < -0.4 is 5.73 Å². The maximum absolute atomic E-state index is 14.4. The smallest absolute Gasteiger partial charge is 0.417 e. The summed E-state index contributed by atoms with van der Waals surface area (Å²) in [6.45, 7) is 2.01. The number of hydrogen-bond donors (Lipinski definition) is 5. The van der Waals surface area contributed by atoms with Crippen molar-refractivity contribution in [3.63, 3.8) is 0 Å². The topological polar surface area (TPSA) is 165 Å². The summed E-state index contributed by atoms with van der Waals surface area (Å²) in [4.78, 5) is 41.9. The Labute approximate surface area is 221 Å². The fourth-order valence-corrected chi connectivity index (χ4v) is 6.27. The Bertz CT molecular complexity index is 1350. The van der Waals surface area contributed by atoms with Crippen molar-refractivity contribution in [2.24, 2.45) is 17.6 Å². The predicted molar refractivity (Wildman–Crippen MR) is 131 cm³/mol. The van der Waals surface area contributed by atoms with Crippen molar-refractivity contribution < 1.29 is 48.0 Å². The number of benzene rings is 1. The van der Waals surface area contributed by atoms with Crippen molar-refractivity contribution in [3.8, 4) is 5.75 Å². The standard InChI is InChI=1S/C26H30F3N3O7/c1-5-32(4)9-11-8-14(33)16-12(18(11)26(27,28)29)6-10-7-13-19(31(2)3)21(35)17(24(30)38)23(37)25(13,39)22(36)15(10)20(16)34/h8,10,13,19,33,35-36,39H,5-7,9H2,1-4H3,(H2,30,38)/t10-,13-,19-,25-/m0/s1. The first-order valence-electron chi connectivity index (χ1n) is 12.3. The molecule has 1 amide bonds. The van der Waals surface area contributed by atoms with Crippen LogP contribution in [0.3, 0.4) is 0 Å². The lowest BCUT2D eigenvalue weighted by Crippen LogP contribution is -2.63. The maximum atomic E-state index is 14.4. The highest BCUT2D eigenvalue weighted by Crippen LogP contribution is 2.53. The second-order valence-electron chi connectivity index (χ2n) is 10.6. The van der Waals surface area contributed by atoms with E-state index in [1.165, 1.54) is 19.0 Å². The molecule has 0 unspecified atom stereocenters. The van der Waals surface area contributed by atoms with E-state index in [0.29, 0.717) is 6.54 Å². The summed E-state index contributed by atoms with van der Waals surface area (Å²) in [5.41, 5.74) is -1.48. The molecular formula is C26H30F3N3O7. The van der Waals surface area contributed by atoms with Crippen LogP contribution in [-0.2, 0) is 28.7 Å². The fraction of sp³-hybridized carbons (Fsp3) is 0.500. The van der Waals surface area contributed by atoms with Crippen LogP contribution in [0.1, 0.15) is 40.4 Å². The van der Waals surface area contributed by atoms with Crippen LogP contribution in [0.25, 0.3) is 0 Å². The quantitative estimate of drug-likeness (QED) is 0.341.